The van der Waals surface area contributed by atoms with Crippen LogP contribution in [0.4, 0.5) is 11.1 Å². The molecule has 276 valence electrons. The van der Waals surface area contributed by atoms with Crippen molar-refractivity contribution in [2.24, 2.45) is 11.8 Å². The number of hydrogen-bond acceptors (Lipinski definition) is 8. The molecule has 2 fully saturated rings. The average Bonchev–Trinajstić information content (AvgIpc) is 3.70. The first-order chi connectivity index (χ1) is 25.9. The second kappa shape index (κ2) is 20.0. The molecule has 2 aromatic heterocycles. The summed E-state index contributed by atoms with van der Waals surface area (Å²) < 4.78 is 2.07. The first kappa shape index (κ1) is 38.9. The van der Waals surface area contributed by atoms with Crippen LogP contribution in [0.5, 0.6) is 0 Å². The summed E-state index contributed by atoms with van der Waals surface area (Å²) >= 11 is 8.47. The van der Waals surface area contributed by atoms with Crippen molar-refractivity contribution in [2.75, 3.05) is 42.9 Å². The molecule has 0 saturated carbocycles. The van der Waals surface area contributed by atoms with E-state index in [1.54, 1.807) is 17.5 Å². The van der Waals surface area contributed by atoms with Gasteiger partial charge in [0, 0.05) is 50.0 Å². The Bertz CT molecular complexity index is 1900. The Morgan fingerprint density at radius 3 is 1.98 bits per heavy atom. The van der Waals surface area contributed by atoms with E-state index in [1.807, 2.05) is 47.4 Å². The zero-order valence-electron chi connectivity index (χ0n) is 29.6. The van der Waals surface area contributed by atoms with Crippen molar-refractivity contribution in [2.45, 2.75) is 44.9 Å². The minimum absolute atomic E-state index is 0.00876. The molecule has 2 amide bonds. The monoisotopic (exact) mass is 857 g/mol. The van der Waals surface area contributed by atoms with Gasteiger partial charge in [-0.25, -0.2) is 15.0 Å². The number of benzene rings is 3. The first-order valence-electron chi connectivity index (χ1n) is 18.3. The quantitative estimate of drug-likeness (QED) is 0.114. The molecule has 3 N–H and O–H groups in total. The van der Waals surface area contributed by atoms with Gasteiger partial charge in [0.05, 0.1) is 11.4 Å². The molecule has 5 aromatic rings. The van der Waals surface area contributed by atoms with Gasteiger partial charge in [0.25, 0.3) is 0 Å². The number of halogens is 2. The Morgan fingerprint density at radius 1 is 0.736 bits per heavy atom. The summed E-state index contributed by atoms with van der Waals surface area (Å²) in [5.74, 6) is 0.743. The van der Waals surface area contributed by atoms with Gasteiger partial charge in [0.15, 0.2) is 5.13 Å². The Balaban J connectivity index is 0.000000192. The van der Waals surface area contributed by atoms with E-state index in [0.717, 1.165) is 114 Å². The summed E-state index contributed by atoms with van der Waals surface area (Å²) in [6.07, 6.45) is 8.27. The number of thiazole rings is 1. The number of carbonyl (C=O) groups is 2. The highest BCUT2D eigenvalue weighted by molar-refractivity contribution is 9.10. The molecule has 0 radical (unpaired) electrons. The minimum atomic E-state index is 0.00876. The van der Waals surface area contributed by atoms with E-state index in [9.17, 15) is 9.59 Å². The fraction of sp³-hybridized carbons (Fsp3) is 0.341. The van der Waals surface area contributed by atoms with Crippen LogP contribution in [0.1, 0.15) is 44.1 Å². The Morgan fingerprint density at radius 2 is 1.34 bits per heavy atom. The molecule has 2 aliphatic rings. The predicted octanol–water partition coefficient (Wildman–Crippen LogP) is 8.77. The molecule has 53 heavy (non-hydrogen) atoms. The van der Waals surface area contributed by atoms with E-state index in [1.165, 1.54) is 5.56 Å². The van der Waals surface area contributed by atoms with Crippen molar-refractivity contribution in [1.82, 2.24) is 25.6 Å². The molecule has 0 unspecified atom stereocenters. The summed E-state index contributed by atoms with van der Waals surface area (Å²) in [5.41, 5.74) is 5.14. The normalized spacial score (nSPS) is 14.9. The van der Waals surface area contributed by atoms with Crippen molar-refractivity contribution < 1.29 is 9.59 Å². The minimum Gasteiger partial charge on any atom is -0.317 e. The molecule has 2 aliphatic heterocycles. The summed E-state index contributed by atoms with van der Waals surface area (Å²) in [4.78, 5) is 41.0. The molecule has 2 saturated heterocycles. The fourth-order valence-electron chi connectivity index (χ4n) is 6.47. The number of amides is 2. The van der Waals surface area contributed by atoms with Crippen LogP contribution in [0, 0.1) is 11.8 Å². The maximum Gasteiger partial charge on any atom is 0.231 e. The molecule has 9 nitrogen and oxygen atoms in total. The number of piperidine rings is 2. The van der Waals surface area contributed by atoms with E-state index in [2.05, 4.69) is 106 Å². The number of carbonyl (C=O) groups excluding carboxylic acids is 2. The van der Waals surface area contributed by atoms with E-state index in [-0.39, 0.29) is 23.7 Å². The zero-order valence-corrected chi connectivity index (χ0v) is 33.6. The smallest absolute Gasteiger partial charge is 0.231 e. The van der Waals surface area contributed by atoms with Crippen LogP contribution in [0.25, 0.3) is 22.5 Å². The second-order valence-electron chi connectivity index (χ2n) is 13.3. The standard InChI is InChI=1S/C25H28BrN3OS.C16H17BrN4O/c26-22-11-9-20(10-12-22)23-18-31-25(28-23)29(24(30)21-13-15-27-16-14-21)17-5-4-8-19-6-2-1-3-7-19;17-13-3-1-11(2-4-13)14-7-10-19-16(20-14)21-15(22)12-5-8-18-9-6-12/h1-3,6-7,9-12,18,21,27H,4-5,8,13-17H2;1-4,7,10,12,18H,5-6,8-9H2,(H,19,20,21,22). The molecule has 3 aromatic carbocycles. The van der Waals surface area contributed by atoms with Crippen molar-refractivity contribution >= 4 is 66.1 Å². The third-order valence-corrected chi connectivity index (χ3v) is 11.4. The molecule has 7 rings (SSSR count). The van der Waals surface area contributed by atoms with Gasteiger partial charge >= 0.3 is 0 Å². The number of rotatable bonds is 11. The lowest BCUT2D eigenvalue weighted by atomic mass is 9.96. The molecule has 0 spiro atoms. The molecular formula is C41H45Br2N7O2S. The average molecular weight is 860 g/mol. The number of hydrogen-bond donors (Lipinski definition) is 3. The SMILES string of the molecule is O=C(C1CCNCC1)N(CCCCc1ccccc1)c1nc(-c2ccc(Br)cc2)cs1.O=C(Nc1nccc(-c2ccc(Br)cc2)n1)C1CCNCC1. The van der Waals surface area contributed by atoms with Gasteiger partial charge in [-0.2, -0.15) is 0 Å². The van der Waals surface area contributed by atoms with E-state index >= 15 is 0 Å². The predicted molar refractivity (Wildman–Crippen MR) is 222 cm³/mol. The lowest BCUT2D eigenvalue weighted by Gasteiger charge is -2.28. The molecular weight excluding hydrogens is 814 g/mol. The number of unbranched alkanes of at least 4 members (excludes halogenated alkanes) is 1. The van der Waals surface area contributed by atoms with Crippen LogP contribution >= 0.6 is 43.2 Å². The van der Waals surface area contributed by atoms with Crippen LogP contribution in [-0.2, 0) is 16.0 Å². The van der Waals surface area contributed by atoms with Gasteiger partial charge in [0.1, 0.15) is 0 Å². The number of anilines is 2. The summed E-state index contributed by atoms with van der Waals surface area (Å²) in [7, 11) is 0. The van der Waals surface area contributed by atoms with Gasteiger partial charge in [0.2, 0.25) is 17.8 Å². The van der Waals surface area contributed by atoms with Crippen LogP contribution in [-0.4, -0.2) is 59.5 Å². The lowest BCUT2D eigenvalue weighted by molar-refractivity contribution is -0.123. The third-order valence-electron chi connectivity index (χ3n) is 9.50. The van der Waals surface area contributed by atoms with Gasteiger partial charge in [-0.1, -0.05) is 86.5 Å². The number of aryl methyl sites for hydroxylation is 1. The van der Waals surface area contributed by atoms with Crippen molar-refractivity contribution in [3.63, 3.8) is 0 Å². The highest BCUT2D eigenvalue weighted by Crippen LogP contribution is 2.31. The molecule has 4 heterocycles. The highest BCUT2D eigenvalue weighted by Gasteiger charge is 2.28. The molecule has 0 bridgehead atoms. The Labute approximate surface area is 332 Å². The van der Waals surface area contributed by atoms with Crippen LogP contribution < -0.4 is 20.9 Å². The van der Waals surface area contributed by atoms with Crippen molar-refractivity contribution in [3.05, 3.63) is 111 Å². The number of aromatic nitrogens is 3. The second-order valence-corrected chi connectivity index (χ2v) is 15.9. The maximum absolute atomic E-state index is 13.4. The first-order valence-corrected chi connectivity index (χ1v) is 20.8. The third kappa shape index (κ3) is 11.6. The van der Waals surface area contributed by atoms with Gasteiger partial charge < -0.3 is 10.6 Å². The van der Waals surface area contributed by atoms with Crippen LogP contribution in [0.2, 0.25) is 0 Å². The van der Waals surface area contributed by atoms with Crippen molar-refractivity contribution in [3.8, 4) is 22.5 Å². The number of nitrogens with one attached hydrogen (secondary N) is 3. The van der Waals surface area contributed by atoms with Gasteiger partial charge in [-0.15, -0.1) is 11.3 Å². The van der Waals surface area contributed by atoms with E-state index in [0.29, 0.717) is 5.95 Å². The fourth-order valence-corrected chi connectivity index (χ4v) is 7.87. The van der Waals surface area contributed by atoms with Crippen molar-refractivity contribution in [1.29, 1.82) is 0 Å². The van der Waals surface area contributed by atoms with E-state index in [4.69, 9.17) is 4.98 Å². The Kier molecular flexibility index (Phi) is 14.7. The van der Waals surface area contributed by atoms with Crippen LogP contribution in [0.15, 0.2) is 105 Å². The molecule has 12 heteroatoms. The molecule has 0 aliphatic carbocycles. The highest BCUT2D eigenvalue weighted by atomic mass is 79.9. The topological polar surface area (TPSA) is 112 Å². The zero-order chi connectivity index (χ0) is 36.8. The van der Waals surface area contributed by atoms with Gasteiger partial charge in [-0.05, 0) is 107 Å². The Hall–Kier alpha value is -3.81. The summed E-state index contributed by atoms with van der Waals surface area (Å²) in [6, 6.07) is 28.4. The van der Waals surface area contributed by atoms with E-state index < -0.39 is 0 Å². The summed E-state index contributed by atoms with van der Waals surface area (Å²) in [5, 5.41) is 12.3. The van der Waals surface area contributed by atoms with Crippen LogP contribution in [0.3, 0.4) is 0 Å². The number of nitrogens with zero attached hydrogens (tertiary/aromatic N) is 4. The maximum atomic E-state index is 13.4. The van der Waals surface area contributed by atoms with Gasteiger partial charge in [-0.3, -0.25) is 19.8 Å². The lowest BCUT2D eigenvalue weighted by Crippen LogP contribution is -2.41. The summed E-state index contributed by atoms with van der Waals surface area (Å²) in [6.45, 7) is 4.33. The molecule has 0 atom stereocenters. The largest absolute Gasteiger partial charge is 0.317 e.